The zero-order chi connectivity index (χ0) is 5.82. The van der Waals surface area contributed by atoms with Crippen LogP contribution in [-0.2, 0) is 4.57 Å². The Bertz CT molecular complexity index is 175. The van der Waals surface area contributed by atoms with Crippen LogP contribution in [0.3, 0.4) is 0 Å². The summed E-state index contributed by atoms with van der Waals surface area (Å²) >= 11 is 0. The van der Waals surface area contributed by atoms with Gasteiger partial charge in [0, 0.05) is 0 Å². The molecule has 0 radical (unpaired) electrons. The van der Waals surface area contributed by atoms with Crippen LogP contribution in [0.25, 0.3) is 0 Å². The number of hydrogen-bond acceptors (Lipinski definition) is 1. The van der Waals surface area contributed by atoms with Crippen molar-refractivity contribution in [3.05, 3.63) is 29.6 Å². The Morgan fingerprint density at radius 1 is 1.12 bits per heavy atom. The van der Waals surface area contributed by atoms with Gasteiger partial charge in [-0.25, -0.2) is 0 Å². The first kappa shape index (κ1) is 5.80. The van der Waals surface area contributed by atoms with Gasteiger partial charge in [0.25, 0.3) is 0 Å². The summed E-state index contributed by atoms with van der Waals surface area (Å²) in [5.74, 6) is 0. The van der Waals surface area contributed by atoms with Crippen molar-refractivity contribution in [2.24, 2.45) is 0 Å². The van der Waals surface area contributed by atoms with Crippen molar-refractivity contribution < 1.29 is 4.57 Å². The summed E-state index contributed by atoms with van der Waals surface area (Å²) in [6, 6.07) is 5.83. The molecule has 1 rings (SSSR count). The van der Waals surface area contributed by atoms with E-state index in [1.165, 1.54) is 0 Å². The molecule has 0 bridgehead atoms. The fourth-order valence-corrected chi connectivity index (χ4v) is 2.22. The van der Waals surface area contributed by atoms with Crippen molar-refractivity contribution in [2.45, 2.75) is 0 Å². The average Bonchev–Trinajstić information content (AvgIpc) is 1.90. The predicted molar refractivity (Wildman–Crippen MR) is 35.4 cm³/mol. The molecule has 40 valence electrons. The van der Waals surface area contributed by atoms with Crippen molar-refractivity contribution in [1.82, 2.24) is 0 Å². The Hall–Kier alpha value is -0.333. The molecular formula is C5H5OPSi. The standard InChI is InChI=1S/C5H5OPSi/c6-7-8-4-2-1-3-5-8/h1-5H. The van der Waals surface area contributed by atoms with Crippen LogP contribution in [0.4, 0.5) is 0 Å². The second-order valence-electron chi connectivity index (χ2n) is 1.43. The smallest absolute Gasteiger partial charge is 0.154 e. The molecule has 0 aliphatic rings. The fraction of sp³-hybridized carbons (Fsp3) is 0. The van der Waals surface area contributed by atoms with Crippen LogP contribution < -0.4 is 0 Å². The van der Waals surface area contributed by atoms with E-state index in [4.69, 9.17) is 0 Å². The maximum Gasteiger partial charge on any atom is 0.154 e. The molecule has 0 aliphatic carbocycles. The molecule has 1 heterocycles. The molecule has 0 saturated heterocycles. The van der Waals surface area contributed by atoms with Gasteiger partial charge in [0.05, 0.1) is 0 Å². The minimum absolute atomic E-state index is 0.285. The first-order valence-electron chi connectivity index (χ1n) is 2.32. The number of rotatable bonds is 1. The highest BCUT2D eigenvalue weighted by Gasteiger charge is 1.84. The van der Waals surface area contributed by atoms with E-state index in [2.05, 4.69) is 0 Å². The Labute approximate surface area is 50.9 Å². The Morgan fingerprint density at radius 2 is 1.75 bits per heavy atom. The van der Waals surface area contributed by atoms with Gasteiger partial charge in [0.15, 0.2) is 8.06 Å². The van der Waals surface area contributed by atoms with E-state index >= 15 is 0 Å². The minimum atomic E-state index is -0.763. The van der Waals surface area contributed by atoms with Crippen LogP contribution in [0, 0.1) is 0 Å². The lowest BCUT2D eigenvalue weighted by Gasteiger charge is -1.78. The van der Waals surface area contributed by atoms with Gasteiger partial charge in [0.1, 0.15) is 8.01 Å². The van der Waals surface area contributed by atoms with Gasteiger partial charge in [-0.05, 0) is 0 Å². The maximum atomic E-state index is 10.2. The summed E-state index contributed by atoms with van der Waals surface area (Å²) in [6.45, 7) is 0. The third kappa shape index (κ3) is 1.32. The maximum absolute atomic E-state index is 10.2. The molecular weight excluding hydrogens is 135 g/mol. The molecule has 0 spiro atoms. The van der Waals surface area contributed by atoms with Crippen LogP contribution in [0.15, 0.2) is 29.6 Å². The molecule has 0 fully saturated rings. The summed E-state index contributed by atoms with van der Waals surface area (Å²) in [7, 11) is -0.479. The largest absolute Gasteiger partial charge is 0.277 e. The highest BCUT2D eigenvalue weighted by Crippen LogP contribution is 1.95. The Kier molecular flexibility index (Phi) is 2.07. The zero-order valence-electron chi connectivity index (χ0n) is 4.24. The molecule has 1 aromatic heterocycles. The molecule has 3 heteroatoms. The molecule has 0 unspecified atom stereocenters. The normalized spacial score (nSPS) is 9.50. The van der Waals surface area contributed by atoms with Crippen molar-refractivity contribution in [3.63, 3.8) is 0 Å². The first-order valence-corrected chi connectivity index (χ1v) is 5.63. The first-order chi connectivity index (χ1) is 3.93. The summed E-state index contributed by atoms with van der Waals surface area (Å²) in [5.41, 5.74) is 4.00. The van der Waals surface area contributed by atoms with Crippen LogP contribution in [0.5, 0.6) is 0 Å². The molecule has 0 aromatic carbocycles. The van der Waals surface area contributed by atoms with Gasteiger partial charge in [-0.2, -0.15) is 0 Å². The van der Waals surface area contributed by atoms with E-state index in [1.54, 1.807) is 0 Å². The highest BCUT2D eigenvalue weighted by molar-refractivity contribution is 7.64. The van der Waals surface area contributed by atoms with E-state index in [9.17, 15) is 4.57 Å². The highest BCUT2D eigenvalue weighted by atomic mass is 31.3. The van der Waals surface area contributed by atoms with Crippen LogP contribution in [-0.4, -0.2) is 8.06 Å². The summed E-state index contributed by atoms with van der Waals surface area (Å²) in [5, 5.41) is 0. The third-order valence-electron chi connectivity index (χ3n) is 0.862. The summed E-state index contributed by atoms with van der Waals surface area (Å²) < 4.78 is 10.2. The van der Waals surface area contributed by atoms with E-state index < -0.39 is 8.06 Å². The van der Waals surface area contributed by atoms with E-state index in [-0.39, 0.29) is 8.01 Å². The van der Waals surface area contributed by atoms with E-state index in [0.29, 0.717) is 0 Å². The lowest BCUT2D eigenvalue weighted by Crippen LogP contribution is -1.77. The molecule has 1 aromatic rings. The lowest BCUT2D eigenvalue weighted by molar-refractivity contribution is 0.605. The Balaban J connectivity index is 2.99. The van der Waals surface area contributed by atoms with E-state index in [1.807, 2.05) is 29.6 Å². The topological polar surface area (TPSA) is 17.1 Å². The van der Waals surface area contributed by atoms with Gasteiger partial charge in [0.2, 0.25) is 0 Å². The zero-order valence-corrected chi connectivity index (χ0v) is 6.14. The SMILES string of the molecule is O=P[si]1ccccc1. The lowest BCUT2D eigenvalue weighted by atomic mass is 10.6. The van der Waals surface area contributed by atoms with Crippen molar-refractivity contribution >= 4 is 16.1 Å². The van der Waals surface area contributed by atoms with Crippen LogP contribution in [0.1, 0.15) is 0 Å². The second-order valence-corrected chi connectivity index (χ2v) is 5.22. The van der Waals surface area contributed by atoms with Crippen LogP contribution >= 0.6 is 8.01 Å². The van der Waals surface area contributed by atoms with Gasteiger partial charge in [-0.3, -0.25) is 4.57 Å². The average molecular weight is 140 g/mol. The van der Waals surface area contributed by atoms with Crippen LogP contribution in [0.2, 0.25) is 0 Å². The predicted octanol–water partition coefficient (Wildman–Crippen LogP) is 1.77. The van der Waals surface area contributed by atoms with E-state index in [0.717, 1.165) is 0 Å². The molecule has 0 N–H and O–H groups in total. The summed E-state index contributed by atoms with van der Waals surface area (Å²) in [6.07, 6.45) is 0. The van der Waals surface area contributed by atoms with Gasteiger partial charge < -0.3 is 0 Å². The monoisotopic (exact) mass is 140 g/mol. The van der Waals surface area contributed by atoms with Crippen molar-refractivity contribution in [2.75, 3.05) is 0 Å². The van der Waals surface area contributed by atoms with Gasteiger partial charge in [-0.1, -0.05) is 29.6 Å². The molecule has 8 heavy (non-hydrogen) atoms. The molecule has 0 aliphatic heterocycles. The third-order valence-corrected chi connectivity index (χ3v) is 3.67. The molecule has 0 amide bonds. The quantitative estimate of drug-likeness (QED) is 0.429. The minimum Gasteiger partial charge on any atom is -0.277 e. The van der Waals surface area contributed by atoms with Gasteiger partial charge >= 0.3 is 0 Å². The molecule has 0 atom stereocenters. The summed E-state index contributed by atoms with van der Waals surface area (Å²) in [4.78, 5) is 0. The van der Waals surface area contributed by atoms with Gasteiger partial charge in [-0.15, -0.1) is 0 Å². The molecule has 0 saturated carbocycles. The number of hydrogen-bond donors (Lipinski definition) is 0. The Morgan fingerprint density at radius 3 is 2.12 bits per heavy atom. The van der Waals surface area contributed by atoms with Crippen molar-refractivity contribution in [3.8, 4) is 0 Å². The fourth-order valence-electron chi connectivity index (χ4n) is 0.489. The van der Waals surface area contributed by atoms with Crippen molar-refractivity contribution in [1.29, 1.82) is 0 Å². The molecule has 1 nitrogen and oxygen atoms in total. The second kappa shape index (κ2) is 2.85.